The molecule has 5 heteroatoms. The van der Waals surface area contributed by atoms with Crippen molar-refractivity contribution in [2.24, 2.45) is 0 Å². The Morgan fingerprint density at radius 1 is 1.24 bits per heavy atom. The third-order valence-electron chi connectivity index (χ3n) is 3.38. The smallest absolute Gasteiger partial charge is 0.335 e. The fraction of sp³-hybridized carbons (Fsp3) is 0.0625. The number of carboxylic acids is 1. The van der Waals surface area contributed by atoms with Gasteiger partial charge in [0.2, 0.25) is 0 Å². The van der Waals surface area contributed by atoms with Gasteiger partial charge in [-0.25, -0.2) is 9.18 Å². The van der Waals surface area contributed by atoms with Crippen LogP contribution in [-0.4, -0.2) is 15.6 Å². The van der Waals surface area contributed by atoms with E-state index < -0.39 is 11.8 Å². The Balaban J connectivity index is 2.01. The molecule has 0 amide bonds. The minimum Gasteiger partial charge on any atom is -0.478 e. The molecule has 1 aromatic heterocycles. The second kappa shape index (κ2) is 5.22. The summed E-state index contributed by atoms with van der Waals surface area (Å²) in [5, 5.41) is 10.4. The van der Waals surface area contributed by atoms with Crippen LogP contribution in [0.25, 0.3) is 10.9 Å². The molecule has 1 N–H and O–H groups in total. The average Bonchev–Trinajstić information content (AvgIpc) is 2.78. The van der Waals surface area contributed by atoms with Gasteiger partial charge >= 0.3 is 5.97 Å². The van der Waals surface area contributed by atoms with Gasteiger partial charge in [0.1, 0.15) is 5.82 Å². The molecule has 0 aliphatic heterocycles. The van der Waals surface area contributed by atoms with E-state index in [1.807, 2.05) is 28.8 Å². The number of nitrogens with zero attached hydrogens (tertiary/aromatic N) is 1. The van der Waals surface area contributed by atoms with Crippen LogP contribution in [-0.2, 0) is 6.54 Å². The summed E-state index contributed by atoms with van der Waals surface area (Å²) in [7, 11) is 0. The summed E-state index contributed by atoms with van der Waals surface area (Å²) in [5.74, 6) is -1.68. The van der Waals surface area contributed by atoms with E-state index in [0.29, 0.717) is 17.1 Å². The number of halogens is 2. The Kier molecular flexibility index (Phi) is 3.39. The zero-order chi connectivity index (χ0) is 15.0. The Labute approximate surface area is 125 Å². The van der Waals surface area contributed by atoms with Crippen molar-refractivity contribution in [3.05, 3.63) is 70.6 Å². The van der Waals surface area contributed by atoms with Gasteiger partial charge in [0, 0.05) is 22.7 Å². The van der Waals surface area contributed by atoms with Crippen LogP contribution in [0.5, 0.6) is 0 Å². The van der Waals surface area contributed by atoms with Gasteiger partial charge in [-0.15, -0.1) is 0 Å². The van der Waals surface area contributed by atoms with Gasteiger partial charge in [-0.1, -0.05) is 35.9 Å². The van der Waals surface area contributed by atoms with Crippen molar-refractivity contribution < 1.29 is 14.3 Å². The zero-order valence-corrected chi connectivity index (χ0v) is 11.6. The third-order valence-corrected chi connectivity index (χ3v) is 3.68. The maximum absolute atomic E-state index is 14.0. The number of aromatic carboxylic acids is 1. The van der Waals surface area contributed by atoms with Crippen molar-refractivity contribution in [2.45, 2.75) is 6.54 Å². The standard InChI is InChI=1S/C16H11ClFNO2/c17-13-9-19(15-4-2-1-3-12(13)15)8-11-6-5-10(16(20)21)7-14(11)18/h1-7,9H,8H2,(H,20,21). The SMILES string of the molecule is O=C(O)c1ccc(Cn2cc(Cl)c3ccccc32)c(F)c1. The van der Waals surface area contributed by atoms with Crippen molar-refractivity contribution in [3.8, 4) is 0 Å². The van der Waals surface area contributed by atoms with Gasteiger partial charge in [0.05, 0.1) is 17.1 Å². The second-order valence-electron chi connectivity index (χ2n) is 4.73. The highest BCUT2D eigenvalue weighted by molar-refractivity contribution is 6.35. The fourth-order valence-corrected chi connectivity index (χ4v) is 2.60. The largest absolute Gasteiger partial charge is 0.478 e. The van der Waals surface area contributed by atoms with E-state index in [1.54, 1.807) is 6.20 Å². The summed E-state index contributed by atoms with van der Waals surface area (Å²) in [6.07, 6.45) is 1.75. The van der Waals surface area contributed by atoms with E-state index in [1.165, 1.54) is 12.1 Å². The lowest BCUT2D eigenvalue weighted by Crippen LogP contribution is -2.03. The molecule has 0 radical (unpaired) electrons. The first kappa shape index (κ1) is 13.6. The maximum Gasteiger partial charge on any atom is 0.335 e. The summed E-state index contributed by atoms with van der Waals surface area (Å²) in [6, 6.07) is 11.5. The molecule has 0 aliphatic rings. The van der Waals surface area contributed by atoms with Gasteiger partial charge in [-0.2, -0.15) is 0 Å². The third kappa shape index (κ3) is 2.50. The fourth-order valence-electron chi connectivity index (χ4n) is 2.32. The van der Waals surface area contributed by atoms with Crippen LogP contribution in [0.1, 0.15) is 15.9 Å². The number of carboxylic acid groups (broad SMARTS) is 1. The van der Waals surface area contributed by atoms with Gasteiger partial charge in [-0.3, -0.25) is 0 Å². The summed E-state index contributed by atoms with van der Waals surface area (Å²) in [5.41, 5.74) is 1.26. The van der Waals surface area contributed by atoms with E-state index in [9.17, 15) is 9.18 Å². The highest BCUT2D eigenvalue weighted by Gasteiger charge is 2.11. The predicted molar refractivity (Wildman–Crippen MR) is 79.4 cm³/mol. The van der Waals surface area contributed by atoms with E-state index in [-0.39, 0.29) is 5.56 Å². The molecule has 0 bridgehead atoms. The van der Waals surface area contributed by atoms with Gasteiger partial charge in [0.15, 0.2) is 0 Å². The first-order valence-corrected chi connectivity index (χ1v) is 6.69. The molecule has 3 nitrogen and oxygen atoms in total. The lowest BCUT2D eigenvalue weighted by atomic mass is 10.1. The quantitative estimate of drug-likeness (QED) is 0.788. The van der Waals surface area contributed by atoms with Crippen molar-refractivity contribution in [2.75, 3.05) is 0 Å². The molecule has 0 fully saturated rings. The molecule has 3 aromatic rings. The van der Waals surface area contributed by atoms with Crippen LogP contribution in [0.15, 0.2) is 48.7 Å². The molecule has 0 saturated heterocycles. The topological polar surface area (TPSA) is 42.2 Å². The summed E-state index contributed by atoms with van der Waals surface area (Å²) in [4.78, 5) is 10.8. The Hall–Kier alpha value is -2.33. The van der Waals surface area contributed by atoms with E-state index in [4.69, 9.17) is 16.7 Å². The zero-order valence-electron chi connectivity index (χ0n) is 10.9. The Bertz CT molecular complexity index is 841. The van der Waals surface area contributed by atoms with Crippen LogP contribution in [0.3, 0.4) is 0 Å². The summed E-state index contributed by atoms with van der Waals surface area (Å²) < 4.78 is 15.8. The normalized spacial score (nSPS) is 11.0. The number of para-hydroxylation sites is 1. The van der Waals surface area contributed by atoms with E-state index in [0.717, 1.165) is 17.0 Å². The molecule has 1 heterocycles. The Morgan fingerprint density at radius 3 is 2.71 bits per heavy atom. The molecule has 0 atom stereocenters. The van der Waals surface area contributed by atoms with Crippen molar-refractivity contribution in [1.29, 1.82) is 0 Å². The van der Waals surface area contributed by atoms with Crippen LogP contribution in [0, 0.1) is 5.82 Å². The highest BCUT2D eigenvalue weighted by Crippen LogP contribution is 2.26. The minimum atomic E-state index is -1.14. The predicted octanol–water partition coefficient (Wildman–Crippen LogP) is 4.18. The lowest BCUT2D eigenvalue weighted by Gasteiger charge is -2.07. The maximum atomic E-state index is 14.0. The molecular formula is C16H11ClFNO2. The molecular weight excluding hydrogens is 293 g/mol. The molecule has 0 unspecified atom stereocenters. The molecule has 3 rings (SSSR count). The summed E-state index contributed by atoms with van der Waals surface area (Å²) in [6.45, 7) is 0.291. The van der Waals surface area contributed by atoms with E-state index in [2.05, 4.69) is 0 Å². The first-order valence-electron chi connectivity index (χ1n) is 6.31. The Morgan fingerprint density at radius 2 is 2.00 bits per heavy atom. The molecule has 2 aromatic carbocycles. The van der Waals surface area contributed by atoms with Crippen LogP contribution >= 0.6 is 11.6 Å². The first-order chi connectivity index (χ1) is 10.1. The molecule has 0 saturated carbocycles. The summed E-state index contributed by atoms with van der Waals surface area (Å²) >= 11 is 6.16. The lowest BCUT2D eigenvalue weighted by molar-refractivity contribution is 0.0696. The number of hydrogen-bond acceptors (Lipinski definition) is 1. The van der Waals surface area contributed by atoms with Crippen molar-refractivity contribution in [1.82, 2.24) is 4.57 Å². The number of rotatable bonds is 3. The number of carbonyl (C=O) groups is 1. The van der Waals surface area contributed by atoms with Crippen LogP contribution < -0.4 is 0 Å². The highest BCUT2D eigenvalue weighted by atomic mass is 35.5. The van der Waals surface area contributed by atoms with Crippen LogP contribution in [0.4, 0.5) is 4.39 Å². The van der Waals surface area contributed by atoms with Gasteiger partial charge < -0.3 is 9.67 Å². The van der Waals surface area contributed by atoms with Gasteiger partial charge in [-0.05, 0) is 18.2 Å². The minimum absolute atomic E-state index is 0.0633. The molecule has 0 spiro atoms. The number of fused-ring (bicyclic) bond motifs is 1. The average molecular weight is 304 g/mol. The monoisotopic (exact) mass is 303 g/mol. The number of hydrogen-bond donors (Lipinski definition) is 1. The van der Waals surface area contributed by atoms with Crippen molar-refractivity contribution >= 4 is 28.5 Å². The van der Waals surface area contributed by atoms with Crippen molar-refractivity contribution in [3.63, 3.8) is 0 Å². The van der Waals surface area contributed by atoms with Crippen LogP contribution in [0.2, 0.25) is 5.02 Å². The number of benzene rings is 2. The number of aromatic nitrogens is 1. The second-order valence-corrected chi connectivity index (χ2v) is 5.14. The molecule has 0 aliphatic carbocycles. The molecule has 21 heavy (non-hydrogen) atoms. The van der Waals surface area contributed by atoms with Gasteiger partial charge in [0.25, 0.3) is 0 Å². The van der Waals surface area contributed by atoms with E-state index >= 15 is 0 Å². The molecule has 106 valence electrons.